The zero-order chi connectivity index (χ0) is 17.2. The fraction of sp³-hybridized carbons (Fsp3) is 0.700. The van der Waals surface area contributed by atoms with Gasteiger partial charge in [-0.1, -0.05) is 0 Å². The van der Waals surface area contributed by atoms with Crippen LogP contribution in [0.1, 0.15) is 6.92 Å². The summed E-state index contributed by atoms with van der Waals surface area (Å²) >= 11 is 0. The number of carbonyl (C=O) groups excluding carboxylic acids is 1. The van der Waals surface area contributed by atoms with Crippen LogP contribution in [0.3, 0.4) is 0 Å². The number of rotatable bonds is 6. The van der Waals surface area contributed by atoms with Crippen LogP contribution < -0.4 is 5.32 Å². The van der Waals surface area contributed by atoms with Gasteiger partial charge in [0.05, 0.1) is 12.7 Å². The molecule has 11 nitrogen and oxygen atoms in total. The zero-order valence-electron chi connectivity index (χ0n) is 11.1. The maximum atomic E-state index is 10.5. The van der Waals surface area contributed by atoms with Gasteiger partial charge in [0.25, 0.3) is 0 Å². The molecule has 0 spiro atoms. The first-order valence-electron chi connectivity index (χ1n) is 5.58. The molecule has 0 aliphatic rings. The second-order valence-electron chi connectivity index (χ2n) is 3.85. The summed E-state index contributed by atoms with van der Waals surface area (Å²) in [5, 5.41) is 62.2. The number of carbonyl (C=O) groups is 3. The first-order valence-corrected chi connectivity index (χ1v) is 5.58. The van der Waals surface area contributed by atoms with Crippen LogP contribution in [0.4, 0.5) is 0 Å². The van der Waals surface area contributed by atoms with Gasteiger partial charge in [-0.2, -0.15) is 0 Å². The Morgan fingerprint density at radius 1 is 0.905 bits per heavy atom. The maximum Gasteiger partial charge on any atom is 0.414 e. The van der Waals surface area contributed by atoms with Gasteiger partial charge >= 0.3 is 11.9 Å². The van der Waals surface area contributed by atoms with Crippen molar-refractivity contribution in [2.24, 2.45) is 0 Å². The largest absolute Gasteiger partial charge is 0.473 e. The summed E-state index contributed by atoms with van der Waals surface area (Å²) in [7, 11) is 0. The van der Waals surface area contributed by atoms with Crippen LogP contribution in [0.5, 0.6) is 0 Å². The molecular weight excluding hydrogens is 294 g/mol. The number of aliphatic hydroxyl groups is 5. The Labute approximate surface area is 119 Å². The zero-order valence-corrected chi connectivity index (χ0v) is 11.1. The van der Waals surface area contributed by atoms with E-state index in [2.05, 4.69) is 5.32 Å². The Morgan fingerprint density at radius 2 is 1.29 bits per heavy atom. The molecule has 0 saturated carbocycles. The molecule has 0 heterocycles. The molecule has 0 aromatic rings. The minimum absolute atomic E-state index is 0.244. The van der Waals surface area contributed by atoms with Gasteiger partial charge in [0.1, 0.15) is 18.3 Å². The number of amides is 1. The Hall–Kier alpha value is -1.79. The lowest BCUT2D eigenvalue weighted by Gasteiger charge is -2.25. The van der Waals surface area contributed by atoms with Crippen LogP contribution in [0.25, 0.3) is 0 Å². The molecule has 0 aliphatic heterocycles. The number of aliphatic hydroxyl groups excluding tert-OH is 5. The van der Waals surface area contributed by atoms with E-state index >= 15 is 0 Å². The Kier molecular flexibility index (Phi) is 11.2. The van der Waals surface area contributed by atoms with Crippen molar-refractivity contribution < 1.29 is 50.1 Å². The summed E-state index contributed by atoms with van der Waals surface area (Å²) in [5.74, 6) is -4.04. The molecule has 124 valence electrons. The van der Waals surface area contributed by atoms with Gasteiger partial charge in [-0.05, 0) is 0 Å². The summed E-state index contributed by atoms with van der Waals surface area (Å²) in [6.07, 6.45) is -6.25. The minimum Gasteiger partial charge on any atom is -0.473 e. The number of hydrogen-bond donors (Lipinski definition) is 8. The highest BCUT2D eigenvalue weighted by Crippen LogP contribution is 2.04. The molecule has 4 atom stereocenters. The van der Waals surface area contributed by atoms with Gasteiger partial charge < -0.3 is 41.1 Å². The summed E-state index contributed by atoms with van der Waals surface area (Å²) in [5.41, 5.74) is 0. The fourth-order valence-electron chi connectivity index (χ4n) is 0.932. The van der Waals surface area contributed by atoms with Crippen LogP contribution in [0.15, 0.2) is 0 Å². The Balaban J connectivity index is 0. The topological polar surface area (TPSA) is 205 Å². The molecule has 0 fully saturated rings. The third kappa shape index (κ3) is 10.6. The van der Waals surface area contributed by atoms with Gasteiger partial charge in [0.2, 0.25) is 5.91 Å². The molecule has 0 aromatic heterocycles. The van der Waals surface area contributed by atoms with Crippen molar-refractivity contribution in [3.63, 3.8) is 0 Å². The second kappa shape index (κ2) is 10.9. The molecule has 0 aliphatic carbocycles. The lowest BCUT2D eigenvalue weighted by Crippen LogP contribution is -2.49. The molecule has 21 heavy (non-hydrogen) atoms. The maximum absolute atomic E-state index is 10.5. The van der Waals surface area contributed by atoms with Crippen LogP contribution in [-0.2, 0) is 14.4 Å². The lowest BCUT2D eigenvalue weighted by molar-refractivity contribution is -0.159. The normalized spacial score (nSPS) is 15.7. The molecule has 1 amide bonds. The average Bonchev–Trinajstić information content (AvgIpc) is 2.42. The lowest BCUT2D eigenvalue weighted by atomic mass is 10.0. The predicted octanol–water partition coefficient (Wildman–Crippen LogP) is -4.29. The van der Waals surface area contributed by atoms with E-state index in [9.17, 15) is 20.1 Å². The van der Waals surface area contributed by atoms with E-state index in [4.69, 9.17) is 30.0 Å². The van der Waals surface area contributed by atoms with E-state index in [-0.39, 0.29) is 6.54 Å². The van der Waals surface area contributed by atoms with Crippen molar-refractivity contribution in [2.45, 2.75) is 31.3 Å². The van der Waals surface area contributed by atoms with Crippen molar-refractivity contribution in [1.29, 1.82) is 0 Å². The van der Waals surface area contributed by atoms with E-state index in [0.29, 0.717) is 0 Å². The number of carboxylic acids is 2. The molecular formula is C10H19NO10. The highest BCUT2D eigenvalue weighted by molar-refractivity contribution is 6.27. The number of hydrogen-bond acceptors (Lipinski definition) is 8. The molecule has 0 unspecified atom stereocenters. The fourth-order valence-corrected chi connectivity index (χ4v) is 0.932. The summed E-state index contributed by atoms with van der Waals surface area (Å²) in [4.78, 5) is 28.7. The smallest absolute Gasteiger partial charge is 0.414 e. The average molecular weight is 313 g/mol. The van der Waals surface area contributed by atoms with Gasteiger partial charge in [-0.25, -0.2) is 9.59 Å². The van der Waals surface area contributed by atoms with Gasteiger partial charge in [0, 0.05) is 13.5 Å². The highest BCUT2D eigenvalue weighted by Gasteiger charge is 2.29. The van der Waals surface area contributed by atoms with Crippen LogP contribution in [-0.4, -0.2) is 91.2 Å². The summed E-state index contributed by atoms with van der Waals surface area (Å²) < 4.78 is 0. The first kappa shape index (κ1) is 21.5. The van der Waals surface area contributed by atoms with Crippen molar-refractivity contribution >= 4 is 17.8 Å². The quantitative estimate of drug-likeness (QED) is 0.221. The second-order valence-corrected chi connectivity index (χ2v) is 3.85. The van der Waals surface area contributed by atoms with Crippen molar-refractivity contribution in [1.82, 2.24) is 5.32 Å². The van der Waals surface area contributed by atoms with Gasteiger partial charge in [-0.15, -0.1) is 0 Å². The molecule has 0 radical (unpaired) electrons. The molecule has 0 aromatic carbocycles. The number of aliphatic carboxylic acids is 2. The van der Waals surface area contributed by atoms with Crippen molar-refractivity contribution in [3.8, 4) is 0 Å². The Bertz CT molecular complexity index is 335. The van der Waals surface area contributed by atoms with E-state index in [1.165, 1.54) is 6.92 Å². The predicted molar refractivity (Wildman–Crippen MR) is 65.1 cm³/mol. The van der Waals surface area contributed by atoms with Crippen LogP contribution >= 0.6 is 0 Å². The van der Waals surface area contributed by atoms with Crippen LogP contribution in [0, 0.1) is 0 Å². The number of carboxylic acid groups (broad SMARTS) is 2. The molecule has 11 heteroatoms. The number of nitrogens with one attached hydrogen (secondary N) is 1. The third-order valence-corrected chi connectivity index (χ3v) is 2.07. The van der Waals surface area contributed by atoms with E-state index in [1.54, 1.807) is 0 Å². The van der Waals surface area contributed by atoms with Crippen LogP contribution in [0.2, 0.25) is 0 Å². The van der Waals surface area contributed by atoms with E-state index in [0.717, 1.165) is 0 Å². The SMILES string of the molecule is CC(=O)NC[C@H](O)[C@@H](O)[C@H](O)[C@H](O)CO.O=C(O)C(=O)O. The molecule has 0 rings (SSSR count). The molecule has 8 N–H and O–H groups in total. The first-order chi connectivity index (χ1) is 9.54. The third-order valence-electron chi connectivity index (χ3n) is 2.07. The van der Waals surface area contributed by atoms with E-state index in [1.807, 2.05) is 0 Å². The highest BCUT2D eigenvalue weighted by atomic mass is 16.4. The van der Waals surface area contributed by atoms with E-state index < -0.39 is 48.9 Å². The molecule has 0 bridgehead atoms. The summed E-state index contributed by atoms with van der Waals surface area (Å²) in [6.45, 7) is 0.259. The van der Waals surface area contributed by atoms with Crippen molar-refractivity contribution in [2.75, 3.05) is 13.2 Å². The van der Waals surface area contributed by atoms with Gasteiger partial charge in [-0.3, -0.25) is 4.79 Å². The van der Waals surface area contributed by atoms with Gasteiger partial charge in [0.15, 0.2) is 0 Å². The minimum atomic E-state index is -1.82. The van der Waals surface area contributed by atoms with Crippen molar-refractivity contribution in [3.05, 3.63) is 0 Å². The Morgan fingerprint density at radius 3 is 1.57 bits per heavy atom. The monoisotopic (exact) mass is 313 g/mol. The molecule has 0 saturated heterocycles. The standard InChI is InChI=1S/C8H17NO6.C2H2O4/c1-4(11)9-2-5(12)7(14)8(15)6(13)3-10;3-1(4)2(5)6/h5-8,10,12-15H,2-3H2,1H3,(H,9,11);(H,3,4)(H,5,6)/t5-,6+,7+,8+;/m0./s1. The summed E-state index contributed by atoms with van der Waals surface area (Å²) in [6, 6.07) is 0.